The lowest BCUT2D eigenvalue weighted by Gasteiger charge is -2.71. The van der Waals surface area contributed by atoms with E-state index in [9.17, 15) is 5.11 Å². The summed E-state index contributed by atoms with van der Waals surface area (Å²) in [5.41, 5.74) is 19.6. The standard InChI is InChI=1S/C67H77N3O5/c1-39-25-47-20-21-54-49-35-64-34-42-18-16-41(17-19-42)26-44-27-43-11-5-6-15-56-66-53-32-48(30-45(28-43)29-44)57(39)59(60(47)70(54)38-64)51(53)22-23-65(66,67(56)52-14-7-12-46(13-8-24-68)58(52)62(72)75-67)61(74-63(66)73)55(71)33-50(69(36-49)37-64)31-40-9-3-2-4-10-40/h7,12,14,16-19,27-29,32,39-40,49-50,54,56-57,59,71H,2-6,8-11,13,15,20-26,30-31,33-38,68H2,1H3/b61-55+/t39-,49-,50-,54+,56-,57-,59+,64+,65+,66-,67+/m0/s1. The van der Waals surface area contributed by atoms with E-state index in [1.807, 2.05) is 0 Å². The zero-order valence-corrected chi connectivity index (χ0v) is 44.4. The average Bonchev–Trinajstić information content (AvgIpc) is 4.13. The van der Waals surface area contributed by atoms with Crippen LogP contribution in [-0.4, -0.2) is 65.1 Å². The second-order valence-electron chi connectivity index (χ2n) is 27.1. The monoisotopic (exact) mass is 1000 g/mol. The van der Waals surface area contributed by atoms with E-state index in [2.05, 4.69) is 83.5 Å². The first-order chi connectivity index (χ1) is 36.6. The summed E-state index contributed by atoms with van der Waals surface area (Å²) in [7, 11) is 0. The van der Waals surface area contributed by atoms with Crippen LogP contribution in [0.15, 0.2) is 106 Å². The van der Waals surface area contributed by atoms with Gasteiger partial charge in [-0.3, -0.25) is 9.69 Å². The van der Waals surface area contributed by atoms with Gasteiger partial charge in [0.25, 0.3) is 0 Å². The van der Waals surface area contributed by atoms with Crippen molar-refractivity contribution in [2.45, 2.75) is 166 Å². The molecule has 0 aromatic heterocycles. The minimum Gasteiger partial charge on any atom is -0.509 e. The number of rotatable bonds is 5. The molecule has 17 aliphatic rings. The molecular weight excluding hydrogens is 927 g/mol. The second-order valence-corrected chi connectivity index (χ2v) is 27.1. The average molecular weight is 1000 g/mol. The Morgan fingerprint density at radius 3 is 2.51 bits per heavy atom. The van der Waals surface area contributed by atoms with Crippen LogP contribution in [-0.2, 0) is 52.0 Å². The first-order valence-corrected chi connectivity index (χ1v) is 30.2. The summed E-state index contributed by atoms with van der Waals surface area (Å²) in [6, 6.07) is 24.3. The van der Waals surface area contributed by atoms with E-state index >= 15 is 9.59 Å². The topological polar surface area (TPSA) is 105 Å². The maximum Gasteiger partial charge on any atom is 0.339 e. The third-order valence-corrected chi connectivity index (χ3v) is 23.2. The summed E-state index contributed by atoms with van der Waals surface area (Å²) in [5, 5.41) is 13.7. The Balaban J connectivity index is 1.01. The van der Waals surface area contributed by atoms with Crippen molar-refractivity contribution in [1.29, 1.82) is 0 Å². The first kappa shape index (κ1) is 46.2. The summed E-state index contributed by atoms with van der Waals surface area (Å²) < 4.78 is 14.6. The minimum atomic E-state index is -1.19. The number of esters is 2. The summed E-state index contributed by atoms with van der Waals surface area (Å²) in [6.07, 6.45) is 24.2. The van der Waals surface area contributed by atoms with Gasteiger partial charge in [0.15, 0.2) is 11.4 Å². The summed E-state index contributed by atoms with van der Waals surface area (Å²) >= 11 is 0. The van der Waals surface area contributed by atoms with Crippen LogP contribution in [0.2, 0.25) is 0 Å². The lowest BCUT2D eigenvalue weighted by molar-refractivity contribution is -0.276. The van der Waals surface area contributed by atoms with E-state index < -0.39 is 16.4 Å². The van der Waals surface area contributed by atoms with Crippen LogP contribution in [0, 0.1) is 51.8 Å². The van der Waals surface area contributed by atoms with E-state index in [4.69, 9.17) is 15.2 Å². The van der Waals surface area contributed by atoms with Gasteiger partial charge in [0.1, 0.15) is 11.2 Å². The lowest BCUT2D eigenvalue weighted by atomic mass is 9.29. The fraction of sp³-hybridized carbons (Fsp3) is 0.582. The third kappa shape index (κ3) is 6.19. The van der Waals surface area contributed by atoms with Gasteiger partial charge >= 0.3 is 11.9 Å². The molecule has 19 bridgehead atoms. The molecule has 5 fully saturated rings. The molecule has 11 heterocycles. The molecule has 1 unspecified atom stereocenters. The number of hydrogen-bond donors (Lipinski definition) is 2. The molecule has 6 aliphatic carbocycles. The molecule has 390 valence electrons. The van der Waals surface area contributed by atoms with Crippen LogP contribution in [0.4, 0.5) is 0 Å². The van der Waals surface area contributed by atoms with Crippen LogP contribution in [0.25, 0.3) is 0 Å². The normalized spacial score (nSPS) is 39.7. The van der Waals surface area contributed by atoms with Crippen LogP contribution >= 0.6 is 0 Å². The number of fused-ring (bicyclic) bond motifs is 6. The third-order valence-electron chi connectivity index (χ3n) is 23.2. The van der Waals surface area contributed by atoms with Gasteiger partial charge in [-0.2, -0.15) is 0 Å². The summed E-state index contributed by atoms with van der Waals surface area (Å²) in [6.45, 7) is 6.17. The Hall–Kier alpha value is -4.92. The molecule has 3 aromatic carbocycles. The zero-order valence-electron chi connectivity index (χ0n) is 44.4. The molecule has 11 aliphatic heterocycles. The quantitative estimate of drug-likeness (QED) is 0.244. The number of nitrogens with two attached hydrogens (primary N) is 1. The first-order valence-electron chi connectivity index (χ1n) is 30.2. The molecule has 75 heavy (non-hydrogen) atoms. The number of piperidine rings is 2. The van der Waals surface area contributed by atoms with Crippen molar-refractivity contribution < 1.29 is 24.2 Å². The summed E-state index contributed by atoms with van der Waals surface area (Å²) in [4.78, 5) is 37.7. The smallest absolute Gasteiger partial charge is 0.339 e. The van der Waals surface area contributed by atoms with Crippen LogP contribution in [0.3, 0.4) is 0 Å². The number of ether oxygens (including phenoxy) is 2. The van der Waals surface area contributed by atoms with Crippen LogP contribution < -0.4 is 5.73 Å². The van der Waals surface area contributed by atoms with E-state index in [-0.39, 0.29) is 41.0 Å². The molecule has 8 heteroatoms. The number of carbonyl (C=O) groups excluding carboxylic acids is 2. The van der Waals surface area contributed by atoms with Crippen molar-refractivity contribution in [1.82, 2.24) is 9.80 Å². The largest absolute Gasteiger partial charge is 0.509 e. The van der Waals surface area contributed by atoms with Gasteiger partial charge in [0, 0.05) is 66.7 Å². The van der Waals surface area contributed by atoms with Crippen molar-refractivity contribution in [3.63, 3.8) is 0 Å². The van der Waals surface area contributed by atoms with Gasteiger partial charge in [-0.05, 0) is 165 Å². The molecule has 3 aromatic rings. The molecule has 0 amide bonds. The van der Waals surface area contributed by atoms with Crippen molar-refractivity contribution in [3.05, 3.63) is 151 Å². The molecule has 3 N–H and O–H groups in total. The Morgan fingerprint density at radius 1 is 0.840 bits per heavy atom. The Kier molecular flexibility index (Phi) is 10.2. The van der Waals surface area contributed by atoms with Crippen molar-refractivity contribution in [2.75, 3.05) is 26.2 Å². The molecule has 12 atom stereocenters. The second kappa shape index (κ2) is 16.6. The van der Waals surface area contributed by atoms with E-state index in [1.165, 1.54) is 83.9 Å². The highest BCUT2D eigenvalue weighted by atomic mass is 16.6. The van der Waals surface area contributed by atoms with Gasteiger partial charge in [-0.1, -0.05) is 129 Å². The van der Waals surface area contributed by atoms with E-state index in [0.717, 1.165) is 107 Å². The van der Waals surface area contributed by atoms with Crippen molar-refractivity contribution in [2.24, 2.45) is 57.5 Å². The van der Waals surface area contributed by atoms with E-state index in [1.54, 1.807) is 11.3 Å². The Labute approximate surface area is 444 Å². The Bertz CT molecular complexity index is 3100. The van der Waals surface area contributed by atoms with Crippen molar-refractivity contribution >= 4 is 11.9 Å². The highest BCUT2D eigenvalue weighted by Crippen LogP contribution is 2.87. The molecule has 8 nitrogen and oxygen atoms in total. The SMILES string of the molecule is C[C@H]1CC2=C3[C@@H]4C5=C6C=C(Cc7cc8cc(c7)Cc7ccc(cc7)C[C@@]79C[C@@H](CN(C7)[C@@H](CC7CCCCC7)C/C(O)=C7\OC(=O)[C@@]6%10[C@H](CCCC8)[C@@]6(OC(=O)c8c(CCCN)cccc86)[C@]7%10CC5)[C@@H](CC2)N3C9)[C@@H]41. The molecular formula is C67H77N3O5. The highest BCUT2D eigenvalue weighted by molar-refractivity contribution is 6.00. The zero-order chi connectivity index (χ0) is 50.2. The number of aliphatic hydroxyl groups excluding tert-OH is 1. The number of benzene rings is 3. The lowest BCUT2D eigenvalue weighted by Crippen LogP contribution is -2.77. The maximum absolute atomic E-state index is 16.5. The maximum atomic E-state index is 16.5. The van der Waals surface area contributed by atoms with Gasteiger partial charge in [0.05, 0.1) is 11.0 Å². The van der Waals surface area contributed by atoms with Gasteiger partial charge in [-0.25, -0.2) is 4.79 Å². The number of hydrogen-bond acceptors (Lipinski definition) is 8. The molecule has 3 saturated heterocycles. The summed E-state index contributed by atoms with van der Waals surface area (Å²) in [5.74, 6) is 1.76. The number of aryl methyl sites for hydroxylation is 2. The van der Waals surface area contributed by atoms with Crippen LogP contribution in [0.5, 0.6) is 0 Å². The number of nitrogens with zero attached hydrogens (tertiary/aromatic N) is 2. The predicted molar refractivity (Wildman–Crippen MR) is 289 cm³/mol. The van der Waals surface area contributed by atoms with E-state index in [0.29, 0.717) is 73.3 Å². The highest BCUT2D eigenvalue weighted by Gasteiger charge is 2.93. The number of carbonyl (C=O) groups is 2. The van der Waals surface area contributed by atoms with Gasteiger partial charge in [0.2, 0.25) is 0 Å². The van der Waals surface area contributed by atoms with Crippen LogP contribution in [0.1, 0.15) is 165 Å². The molecule has 4 spiro atoms. The Morgan fingerprint density at radius 2 is 1.65 bits per heavy atom. The predicted octanol–water partition coefficient (Wildman–Crippen LogP) is 12.1. The number of aliphatic hydroxyl groups is 1. The minimum absolute atomic E-state index is 0.0261. The van der Waals surface area contributed by atoms with Gasteiger partial charge in [-0.15, -0.1) is 0 Å². The van der Waals surface area contributed by atoms with Gasteiger partial charge < -0.3 is 25.2 Å². The number of allylic oxidation sites excluding steroid dienone is 4. The fourth-order valence-electron chi connectivity index (χ4n) is 20.9. The van der Waals surface area contributed by atoms with Crippen molar-refractivity contribution in [3.8, 4) is 0 Å². The fourth-order valence-corrected chi connectivity index (χ4v) is 20.9. The molecule has 20 rings (SSSR count). The molecule has 2 saturated carbocycles. The molecule has 0 radical (unpaired) electrons.